The summed E-state index contributed by atoms with van der Waals surface area (Å²) in [4.78, 5) is 26.0. The summed E-state index contributed by atoms with van der Waals surface area (Å²) in [6, 6.07) is 14.4. The minimum Gasteiger partial charge on any atom is -0.494 e. The summed E-state index contributed by atoms with van der Waals surface area (Å²) in [6.45, 7) is 4.36. The highest BCUT2D eigenvalue weighted by atomic mass is 35.5. The molecule has 2 amide bonds. The molecular formula is C21H25ClN2O3. The van der Waals surface area contributed by atoms with Crippen LogP contribution in [0.1, 0.15) is 37.4 Å². The largest absolute Gasteiger partial charge is 0.494 e. The molecule has 2 aromatic rings. The van der Waals surface area contributed by atoms with Crippen molar-refractivity contribution in [3.8, 4) is 5.75 Å². The summed E-state index contributed by atoms with van der Waals surface area (Å²) in [5.41, 5.74) is 1.78. The molecule has 0 bridgehead atoms. The average Bonchev–Trinajstić information content (AvgIpc) is 2.63. The lowest BCUT2D eigenvalue weighted by Crippen LogP contribution is -2.33. The molecule has 0 aliphatic heterocycles. The zero-order chi connectivity index (χ0) is 19.8. The van der Waals surface area contributed by atoms with Crippen LogP contribution in [0.2, 0.25) is 5.02 Å². The Kier molecular flexibility index (Phi) is 7.67. The van der Waals surface area contributed by atoms with Crippen LogP contribution in [0.4, 0.5) is 0 Å². The van der Waals surface area contributed by atoms with Gasteiger partial charge >= 0.3 is 0 Å². The molecule has 2 rings (SSSR count). The Morgan fingerprint density at radius 3 is 2.44 bits per heavy atom. The van der Waals surface area contributed by atoms with Crippen molar-refractivity contribution in [3.63, 3.8) is 0 Å². The molecule has 5 nitrogen and oxygen atoms in total. The first-order valence-corrected chi connectivity index (χ1v) is 9.25. The first-order valence-electron chi connectivity index (χ1n) is 8.88. The predicted octanol–water partition coefficient (Wildman–Crippen LogP) is 3.96. The third-order valence-corrected chi connectivity index (χ3v) is 4.39. The highest BCUT2D eigenvalue weighted by molar-refractivity contribution is 6.30. The second-order valence-electron chi connectivity index (χ2n) is 6.30. The van der Waals surface area contributed by atoms with Gasteiger partial charge < -0.3 is 15.0 Å². The topological polar surface area (TPSA) is 58.6 Å². The van der Waals surface area contributed by atoms with E-state index in [2.05, 4.69) is 5.32 Å². The molecule has 1 atom stereocenters. The average molecular weight is 389 g/mol. The molecule has 0 aliphatic carbocycles. The summed E-state index contributed by atoms with van der Waals surface area (Å²) < 4.78 is 5.62. The predicted molar refractivity (Wildman–Crippen MR) is 107 cm³/mol. The summed E-state index contributed by atoms with van der Waals surface area (Å²) in [5.74, 6) is 0.512. The summed E-state index contributed by atoms with van der Waals surface area (Å²) in [7, 11) is 1.75. The van der Waals surface area contributed by atoms with Gasteiger partial charge in [-0.25, -0.2) is 0 Å². The van der Waals surface area contributed by atoms with Gasteiger partial charge in [0.25, 0.3) is 0 Å². The number of ether oxygens (including phenoxy) is 1. The molecule has 2 aromatic carbocycles. The van der Waals surface area contributed by atoms with Crippen LogP contribution < -0.4 is 10.1 Å². The maximum absolute atomic E-state index is 12.8. The van der Waals surface area contributed by atoms with Crippen LogP contribution in [0, 0.1) is 0 Å². The standard InChI is InChI=1S/C21H25ClN2O3/c1-4-27-20-8-6-5-7-17(20)14-24(3)21(26)13-19(23-15(2)25)16-9-11-18(22)12-10-16/h5-12,19H,4,13-14H2,1-3H3,(H,23,25). The van der Waals surface area contributed by atoms with Crippen LogP contribution in [0.15, 0.2) is 48.5 Å². The van der Waals surface area contributed by atoms with E-state index in [0.29, 0.717) is 18.2 Å². The molecule has 0 aromatic heterocycles. The van der Waals surface area contributed by atoms with E-state index in [0.717, 1.165) is 16.9 Å². The number of carbonyl (C=O) groups excluding carboxylic acids is 2. The number of rotatable bonds is 8. The molecule has 0 fully saturated rings. The van der Waals surface area contributed by atoms with Crippen molar-refractivity contribution in [3.05, 3.63) is 64.7 Å². The molecule has 0 radical (unpaired) electrons. The highest BCUT2D eigenvalue weighted by Gasteiger charge is 2.20. The van der Waals surface area contributed by atoms with Crippen molar-refractivity contribution in [2.75, 3.05) is 13.7 Å². The number of halogens is 1. The van der Waals surface area contributed by atoms with Gasteiger partial charge in [0.2, 0.25) is 11.8 Å². The molecule has 27 heavy (non-hydrogen) atoms. The maximum Gasteiger partial charge on any atom is 0.225 e. The molecule has 0 saturated heterocycles. The van der Waals surface area contributed by atoms with E-state index in [9.17, 15) is 9.59 Å². The van der Waals surface area contributed by atoms with Gasteiger partial charge in [0.05, 0.1) is 19.1 Å². The SMILES string of the molecule is CCOc1ccccc1CN(C)C(=O)CC(NC(C)=O)c1ccc(Cl)cc1. The number of hydrogen-bond acceptors (Lipinski definition) is 3. The Hall–Kier alpha value is -2.53. The molecule has 0 spiro atoms. The van der Waals surface area contributed by atoms with Crippen LogP contribution in [-0.4, -0.2) is 30.4 Å². The van der Waals surface area contributed by atoms with Crippen LogP contribution in [0.5, 0.6) is 5.75 Å². The molecule has 0 aliphatic rings. The Balaban J connectivity index is 2.10. The third kappa shape index (κ3) is 6.29. The number of nitrogens with one attached hydrogen (secondary N) is 1. The number of carbonyl (C=O) groups is 2. The maximum atomic E-state index is 12.8. The molecule has 0 saturated carbocycles. The summed E-state index contributed by atoms with van der Waals surface area (Å²) in [6.07, 6.45) is 0.161. The van der Waals surface area contributed by atoms with Crippen LogP contribution >= 0.6 is 11.6 Å². The number of para-hydroxylation sites is 1. The van der Waals surface area contributed by atoms with Crippen molar-refractivity contribution < 1.29 is 14.3 Å². The van der Waals surface area contributed by atoms with Gasteiger partial charge in [-0.3, -0.25) is 9.59 Å². The summed E-state index contributed by atoms with van der Waals surface area (Å²) >= 11 is 5.93. The number of amides is 2. The van der Waals surface area contributed by atoms with E-state index in [-0.39, 0.29) is 18.2 Å². The lowest BCUT2D eigenvalue weighted by atomic mass is 10.0. The first-order chi connectivity index (χ1) is 12.9. The monoisotopic (exact) mass is 388 g/mol. The molecule has 1 unspecified atom stereocenters. The Morgan fingerprint density at radius 2 is 1.81 bits per heavy atom. The molecular weight excluding hydrogens is 364 g/mol. The van der Waals surface area contributed by atoms with E-state index < -0.39 is 6.04 Å². The van der Waals surface area contributed by atoms with Gasteiger partial charge in [-0.15, -0.1) is 0 Å². The Labute approximate surface area is 165 Å². The lowest BCUT2D eigenvalue weighted by Gasteiger charge is -2.23. The molecule has 1 N–H and O–H groups in total. The zero-order valence-corrected chi connectivity index (χ0v) is 16.6. The number of nitrogens with zero attached hydrogens (tertiary/aromatic N) is 1. The fourth-order valence-corrected chi connectivity index (χ4v) is 2.92. The van der Waals surface area contributed by atoms with Crippen molar-refractivity contribution in [1.82, 2.24) is 10.2 Å². The van der Waals surface area contributed by atoms with Gasteiger partial charge in [0.1, 0.15) is 5.75 Å². The second-order valence-corrected chi connectivity index (χ2v) is 6.74. The van der Waals surface area contributed by atoms with E-state index in [1.54, 1.807) is 24.1 Å². The molecule has 0 heterocycles. The van der Waals surface area contributed by atoms with Gasteiger partial charge in [-0.1, -0.05) is 41.9 Å². The number of hydrogen-bond donors (Lipinski definition) is 1. The van der Waals surface area contributed by atoms with Gasteiger partial charge in [-0.05, 0) is 30.7 Å². The van der Waals surface area contributed by atoms with Crippen molar-refractivity contribution in [1.29, 1.82) is 0 Å². The van der Waals surface area contributed by atoms with E-state index in [4.69, 9.17) is 16.3 Å². The quantitative estimate of drug-likeness (QED) is 0.744. The van der Waals surface area contributed by atoms with Crippen molar-refractivity contribution in [2.24, 2.45) is 0 Å². The first kappa shape index (κ1) is 20.8. The molecule has 6 heteroatoms. The van der Waals surface area contributed by atoms with E-state index in [1.165, 1.54) is 6.92 Å². The van der Waals surface area contributed by atoms with Crippen LogP contribution in [0.3, 0.4) is 0 Å². The summed E-state index contributed by atoms with van der Waals surface area (Å²) in [5, 5.41) is 3.45. The van der Waals surface area contributed by atoms with Gasteiger partial charge in [0.15, 0.2) is 0 Å². The number of benzene rings is 2. The minimum absolute atomic E-state index is 0.0741. The Morgan fingerprint density at radius 1 is 1.15 bits per heavy atom. The van der Waals surface area contributed by atoms with Gasteiger partial charge in [-0.2, -0.15) is 0 Å². The van der Waals surface area contributed by atoms with E-state index in [1.807, 2.05) is 43.3 Å². The van der Waals surface area contributed by atoms with Crippen molar-refractivity contribution >= 4 is 23.4 Å². The normalized spacial score (nSPS) is 11.6. The van der Waals surface area contributed by atoms with Crippen LogP contribution in [0.25, 0.3) is 0 Å². The van der Waals surface area contributed by atoms with E-state index >= 15 is 0 Å². The van der Waals surface area contributed by atoms with Crippen LogP contribution in [-0.2, 0) is 16.1 Å². The fraction of sp³-hybridized carbons (Fsp3) is 0.333. The smallest absolute Gasteiger partial charge is 0.225 e. The minimum atomic E-state index is -0.406. The Bertz CT molecular complexity index is 777. The zero-order valence-electron chi connectivity index (χ0n) is 15.9. The second kappa shape index (κ2) is 9.97. The lowest BCUT2D eigenvalue weighted by molar-refractivity contribution is -0.131. The van der Waals surface area contributed by atoms with Gasteiger partial charge in [0, 0.05) is 31.1 Å². The highest BCUT2D eigenvalue weighted by Crippen LogP contribution is 2.23. The third-order valence-electron chi connectivity index (χ3n) is 4.13. The molecule has 144 valence electrons. The van der Waals surface area contributed by atoms with Crippen molar-refractivity contribution in [2.45, 2.75) is 32.9 Å². The fourth-order valence-electron chi connectivity index (χ4n) is 2.80.